The minimum Gasteiger partial charge on any atom is -0.294 e. The highest BCUT2D eigenvalue weighted by Crippen LogP contribution is 2.27. The first-order chi connectivity index (χ1) is 12.8. The van der Waals surface area contributed by atoms with Gasteiger partial charge in [0.1, 0.15) is 5.84 Å². The number of amides is 1. The average Bonchev–Trinajstić information content (AvgIpc) is 3.18. The van der Waals surface area contributed by atoms with Crippen LogP contribution in [0.2, 0.25) is 0 Å². The molecular weight excluding hydrogens is 326 g/mol. The van der Waals surface area contributed by atoms with Crippen LogP contribution in [0.4, 0.5) is 5.69 Å². The largest absolute Gasteiger partial charge is 0.294 e. The smallest absolute Gasteiger partial charge is 0.259 e. The Balaban J connectivity index is 1.49. The lowest BCUT2D eigenvalue weighted by Gasteiger charge is -2.27. The second-order valence-electron chi connectivity index (χ2n) is 6.18. The number of benzene rings is 2. The number of fused-ring (bicyclic) bond motifs is 4. The zero-order valence-corrected chi connectivity index (χ0v) is 13.9. The van der Waals surface area contributed by atoms with Crippen LogP contribution in [0.25, 0.3) is 10.9 Å². The molecule has 2 aliphatic rings. The molecule has 5 rings (SSSR count). The molecule has 0 saturated carbocycles. The van der Waals surface area contributed by atoms with Crippen LogP contribution in [0.5, 0.6) is 0 Å². The molecule has 0 saturated heterocycles. The van der Waals surface area contributed by atoms with E-state index in [0.717, 1.165) is 28.0 Å². The summed E-state index contributed by atoms with van der Waals surface area (Å²) in [4.78, 5) is 28.3. The number of para-hydroxylation sites is 2. The zero-order valence-electron chi connectivity index (χ0n) is 13.9. The van der Waals surface area contributed by atoms with Crippen molar-refractivity contribution in [1.29, 1.82) is 0 Å². The molecule has 2 aliphatic heterocycles. The number of carbonyl (C=O) groups is 1. The molecule has 0 aliphatic carbocycles. The molecule has 6 heteroatoms. The topological polar surface area (TPSA) is 70.0 Å². The Morgan fingerprint density at radius 1 is 1.08 bits per heavy atom. The molecule has 3 heterocycles. The minimum atomic E-state index is -0.229. The van der Waals surface area contributed by atoms with Gasteiger partial charge in [-0.15, -0.1) is 0 Å². The number of carbonyl (C=O) groups excluding carboxylic acids is 1. The van der Waals surface area contributed by atoms with Crippen molar-refractivity contribution >= 4 is 34.3 Å². The quantitative estimate of drug-likeness (QED) is 0.740. The maximum absolute atomic E-state index is 12.8. The highest BCUT2D eigenvalue weighted by molar-refractivity contribution is 6.19. The summed E-state index contributed by atoms with van der Waals surface area (Å²) < 4.78 is 0. The summed E-state index contributed by atoms with van der Waals surface area (Å²) in [6, 6.07) is 17.4. The molecule has 1 amide bonds. The molecule has 1 N–H and O–H groups in total. The first kappa shape index (κ1) is 14.8. The number of hydrogen-bond donors (Lipinski definition) is 1. The van der Waals surface area contributed by atoms with Crippen molar-refractivity contribution in [2.45, 2.75) is 0 Å². The zero-order chi connectivity index (χ0) is 17.5. The molecule has 6 nitrogen and oxygen atoms in total. The molecule has 2 aromatic carbocycles. The van der Waals surface area contributed by atoms with Crippen LogP contribution in [0.3, 0.4) is 0 Å². The van der Waals surface area contributed by atoms with Gasteiger partial charge in [0, 0.05) is 23.7 Å². The molecule has 0 spiro atoms. The Morgan fingerprint density at radius 2 is 1.92 bits per heavy atom. The third-order valence-corrected chi connectivity index (χ3v) is 4.55. The molecule has 126 valence electrons. The van der Waals surface area contributed by atoms with Gasteiger partial charge < -0.3 is 0 Å². The maximum Gasteiger partial charge on any atom is 0.259 e. The molecule has 0 atom stereocenters. The van der Waals surface area contributed by atoms with Gasteiger partial charge >= 0.3 is 0 Å². The highest BCUT2D eigenvalue weighted by Gasteiger charge is 2.30. The van der Waals surface area contributed by atoms with Gasteiger partial charge in [0.15, 0.2) is 0 Å². The summed E-state index contributed by atoms with van der Waals surface area (Å²) in [5.74, 6) is 1.15. The summed E-state index contributed by atoms with van der Waals surface area (Å²) in [6.07, 6.45) is 1.59. The number of amidine groups is 1. The van der Waals surface area contributed by atoms with Crippen LogP contribution < -0.4 is 5.32 Å². The standard InChI is InChI=1S/C20H15N5O/c26-19(14-11-13-5-1-3-7-16(13)22-12-14)24-20-23-17-8-4-2-6-15(17)18-21-9-10-25(18)20/h1-8,11-12H,9-10H2,(H,23,24,26). The molecule has 0 unspecified atom stereocenters. The number of hydrogen-bond acceptors (Lipinski definition) is 5. The van der Waals surface area contributed by atoms with E-state index in [1.54, 1.807) is 6.20 Å². The first-order valence-corrected chi connectivity index (χ1v) is 8.46. The molecular formula is C20H15N5O. The second-order valence-corrected chi connectivity index (χ2v) is 6.18. The Hall–Kier alpha value is -3.54. The van der Waals surface area contributed by atoms with Crippen molar-refractivity contribution in [1.82, 2.24) is 15.2 Å². The summed E-state index contributed by atoms with van der Waals surface area (Å²) in [5, 5.41) is 3.86. The number of aromatic nitrogens is 1. The number of aliphatic imine (C=N–C) groups is 2. The number of nitrogens with one attached hydrogen (secondary N) is 1. The van der Waals surface area contributed by atoms with E-state index in [2.05, 4.69) is 20.3 Å². The van der Waals surface area contributed by atoms with Crippen LogP contribution in [0.15, 0.2) is 70.8 Å². The predicted octanol–water partition coefficient (Wildman–Crippen LogP) is 2.73. The van der Waals surface area contributed by atoms with Crippen molar-refractivity contribution in [2.75, 3.05) is 13.1 Å². The van der Waals surface area contributed by atoms with Crippen LogP contribution in [-0.2, 0) is 0 Å². The van der Waals surface area contributed by atoms with E-state index in [4.69, 9.17) is 0 Å². The fraction of sp³-hybridized carbons (Fsp3) is 0.100. The van der Waals surface area contributed by atoms with E-state index >= 15 is 0 Å². The third-order valence-electron chi connectivity index (χ3n) is 4.55. The second kappa shape index (κ2) is 5.77. The van der Waals surface area contributed by atoms with E-state index in [9.17, 15) is 4.79 Å². The molecule has 0 bridgehead atoms. The van der Waals surface area contributed by atoms with Crippen LogP contribution in [0.1, 0.15) is 15.9 Å². The maximum atomic E-state index is 12.8. The third kappa shape index (κ3) is 2.35. The number of rotatable bonds is 1. The summed E-state index contributed by atoms with van der Waals surface area (Å²) in [5.41, 5.74) is 3.18. The van der Waals surface area contributed by atoms with Gasteiger partial charge in [-0.25, -0.2) is 4.99 Å². The summed E-state index contributed by atoms with van der Waals surface area (Å²) in [7, 11) is 0. The highest BCUT2D eigenvalue weighted by atomic mass is 16.1. The van der Waals surface area contributed by atoms with Crippen molar-refractivity contribution < 1.29 is 4.79 Å². The summed E-state index contributed by atoms with van der Waals surface area (Å²) >= 11 is 0. The molecule has 0 radical (unpaired) electrons. The average molecular weight is 341 g/mol. The van der Waals surface area contributed by atoms with Crippen molar-refractivity contribution in [3.63, 3.8) is 0 Å². The fourth-order valence-electron chi connectivity index (χ4n) is 3.28. The van der Waals surface area contributed by atoms with Crippen LogP contribution in [0, 0.1) is 0 Å². The Morgan fingerprint density at radius 3 is 2.88 bits per heavy atom. The molecule has 3 aromatic rings. The predicted molar refractivity (Wildman–Crippen MR) is 101 cm³/mol. The summed E-state index contributed by atoms with van der Waals surface area (Å²) in [6.45, 7) is 1.40. The lowest BCUT2D eigenvalue weighted by Crippen LogP contribution is -2.47. The molecule has 0 fully saturated rings. The van der Waals surface area contributed by atoms with E-state index in [1.165, 1.54) is 0 Å². The van der Waals surface area contributed by atoms with Crippen molar-refractivity contribution in [3.05, 3.63) is 71.9 Å². The van der Waals surface area contributed by atoms with E-state index in [-0.39, 0.29) is 5.91 Å². The van der Waals surface area contributed by atoms with Crippen molar-refractivity contribution in [2.24, 2.45) is 9.98 Å². The monoisotopic (exact) mass is 341 g/mol. The normalized spacial score (nSPS) is 15.2. The Bertz CT molecular complexity index is 1100. The van der Waals surface area contributed by atoms with E-state index in [0.29, 0.717) is 24.6 Å². The Labute approximate surface area is 149 Å². The van der Waals surface area contributed by atoms with E-state index in [1.807, 2.05) is 59.5 Å². The SMILES string of the molecule is O=C(NC1=Nc2ccccc2C2=NCCN12)c1cnc2ccccc2c1. The molecule has 26 heavy (non-hydrogen) atoms. The number of pyridine rings is 1. The number of guanidine groups is 1. The van der Waals surface area contributed by atoms with Crippen LogP contribution >= 0.6 is 0 Å². The van der Waals surface area contributed by atoms with Crippen molar-refractivity contribution in [3.8, 4) is 0 Å². The fourth-order valence-corrected chi connectivity index (χ4v) is 3.28. The lowest BCUT2D eigenvalue weighted by molar-refractivity contribution is 0.0974. The van der Waals surface area contributed by atoms with E-state index < -0.39 is 0 Å². The molecule has 1 aromatic heterocycles. The van der Waals surface area contributed by atoms with Gasteiger partial charge in [0.2, 0.25) is 5.96 Å². The van der Waals surface area contributed by atoms with Gasteiger partial charge in [-0.05, 0) is 24.3 Å². The van der Waals surface area contributed by atoms with Gasteiger partial charge in [-0.2, -0.15) is 0 Å². The minimum absolute atomic E-state index is 0.229. The number of nitrogens with zero attached hydrogens (tertiary/aromatic N) is 4. The van der Waals surface area contributed by atoms with Crippen LogP contribution in [-0.4, -0.2) is 40.7 Å². The first-order valence-electron chi connectivity index (χ1n) is 8.46. The van der Waals surface area contributed by atoms with Gasteiger partial charge in [-0.1, -0.05) is 30.3 Å². The van der Waals surface area contributed by atoms with Gasteiger partial charge in [-0.3, -0.25) is 25.0 Å². The Kier molecular flexibility index (Phi) is 3.28. The van der Waals surface area contributed by atoms with Gasteiger partial charge in [0.25, 0.3) is 5.91 Å². The lowest BCUT2D eigenvalue weighted by atomic mass is 10.1. The van der Waals surface area contributed by atoms with Gasteiger partial charge in [0.05, 0.1) is 23.3 Å².